The van der Waals surface area contributed by atoms with Crippen molar-refractivity contribution in [1.29, 1.82) is 0 Å². The molecule has 7 nitrogen and oxygen atoms in total. The zero-order chi connectivity index (χ0) is 20.8. The summed E-state index contributed by atoms with van der Waals surface area (Å²) in [6.07, 6.45) is 0. The molecule has 28 heavy (non-hydrogen) atoms. The monoisotopic (exact) mass is 399 g/mol. The Kier molecular flexibility index (Phi) is 6.69. The average Bonchev–Trinajstić information content (AvgIpc) is 2.70. The van der Waals surface area contributed by atoms with Gasteiger partial charge in [0.15, 0.2) is 35.6 Å². The fraction of sp³-hybridized carbons (Fsp3) is 0.222. The molecule has 150 valence electrons. The molecule has 2 aromatic carbocycles. The van der Waals surface area contributed by atoms with Gasteiger partial charge in [0.2, 0.25) is 5.75 Å². The Morgan fingerprint density at radius 2 is 1.57 bits per heavy atom. The van der Waals surface area contributed by atoms with Gasteiger partial charge >= 0.3 is 5.97 Å². The number of halogens is 3. The van der Waals surface area contributed by atoms with Crippen molar-refractivity contribution in [2.45, 2.75) is 0 Å². The third kappa shape index (κ3) is 4.27. The first kappa shape index (κ1) is 20.9. The first-order valence-electron chi connectivity index (χ1n) is 7.73. The molecule has 0 atom stereocenters. The van der Waals surface area contributed by atoms with Gasteiger partial charge in [-0.05, 0) is 24.3 Å². The van der Waals surface area contributed by atoms with Crippen molar-refractivity contribution in [2.24, 2.45) is 0 Å². The first-order chi connectivity index (χ1) is 13.3. The third-order valence-corrected chi connectivity index (χ3v) is 3.57. The molecule has 0 aliphatic carbocycles. The van der Waals surface area contributed by atoms with Gasteiger partial charge in [-0.1, -0.05) is 0 Å². The Hall–Kier alpha value is -3.43. The highest BCUT2D eigenvalue weighted by molar-refractivity contribution is 5.97. The first-order valence-corrected chi connectivity index (χ1v) is 7.73. The number of rotatable bonds is 7. The van der Waals surface area contributed by atoms with Crippen LogP contribution < -0.4 is 19.5 Å². The Labute approximate surface area is 158 Å². The highest BCUT2D eigenvalue weighted by Crippen LogP contribution is 2.39. The number of hydrogen-bond acceptors (Lipinski definition) is 6. The van der Waals surface area contributed by atoms with Gasteiger partial charge in [-0.2, -0.15) is 0 Å². The van der Waals surface area contributed by atoms with Gasteiger partial charge in [0, 0.05) is 0 Å². The van der Waals surface area contributed by atoms with Crippen molar-refractivity contribution < 1.29 is 41.7 Å². The van der Waals surface area contributed by atoms with Crippen LogP contribution in [0.25, 0.3) is 0 Å². The van der Waals surface area contributed by atoms with E-state index in [1.165, 1.54) is 33.5 Å². The molecule has 0 spiro atoms. The summed E-state index contributed by atoms with van der Waals surface area (Å²) in [5.41, 5.74) is -0.643. The van der Waals surface area contributed by atoms with E-state index < -0.39 is 41.6 Å². The number of esters is 1. The second-order valence-electron chi connectivity index (χ2n) is 5.23. The van der Waals surface area contributed by atoms with Crippen LogP contribution in [0.2, 0.25) is 0 Å². The Morgan fingerprint density at radius 1 is 0.893 bits per heavy atom. The number of hydrogen-bond donors (Lipinski definition) is 1. The number of ether oxygens (including phenoxy) is 4. The molecule has 0 aliphatic rings. The van der Waals surface area contributed by atoms with Crippen LogP contribution in [0.15, 0.2) is 24.3 Å². The molecule has 1 N–H and O–H groups in total. The predicted octanol–water partition coefficient (Wildman–Crippen LogP) is 2.93. The quantitative estimate of drug-likeness (QED) is 0.570. The van der Waals surface area contributed by atoms with E-state index in [1.54, 1.807) is 0 Å². The van der Waals surface area contributed by atoms with Gasteiger partial charge in [0.25, 0.3) is 5.91 Å². The molecule has 10 heteroatoms. The van der Waals surface area contributed by atoms with Crippen molar-refractivity contribution in [2.75, 3.05) is 33.3 Å². The van der Waals surface area contributed by atoms with Gasteiger partial charge < -0.3 is 24.3 Å². The van der Waals surface area contributed by atoms with E-state index in [0.29, 0.717) is 11.8 Å². The summed E-state index contributed by atoms with van der Waals surface area (Å²) < 4.78 is 59.9. The molecule has 2 rings (SSSR count). The van der Waals surface area contributed by atoms with Crippen LogP contribution in [0, 0.1) is 17.5 Å². The molecule has 0 bridgehead atoms. The molecule has 1 amide bonds. The number of benzene rings is 2. The van der Waals surface area contributed by atoms with Gasteiger partial charge in [-0.25, -0.2) is 18.0 Å². The summed E-state index contributed by atoms with van der Waals surface area (Å²) in [4.78, 5) is 24.1. The van der Waals surface area contributed by atoms with Crippen LogP contribution in [0.5, 0.6) is 17.2 Å². The fourth-order valence-corrected chi connectivity index (χ4v) is 2.28. The van der Waals surface area contributed by atoms with Gasteiger partial charge in [0.1, 0.15) is 5.56 Å². The summed E-state index contributed by atoms with van der Waals surface area (Å²) in [6, 6.07) is 4.27. The van der Waals surface area contributed by atoms with Gasteiger partial charge in [-0.3, -0.25) is 4.79 Å². The number of carbonyl (C=O) groups excluding carboxylic acids is 2. The van der Waals surface area contributed by atoms with Crippen LogP contribution in [0.3, 0.4) is 0 Å². The van der Waals surface area contributed by atoms with Crippen LogP contribution >= 0.6 is 0 Å². The van der Waals surface area contributed by atoms with E-state index in [1.807, 2.05) is 5.32 Å². The minimum atomic E-state index is -1.73. The Bertz CT molecular complexity index is 903. The lowest BCUT2D eigenvalue weighted by Crippen LogP contribution is -2.22. The van der Waals surface area contributed by atoms with Crippen molar-refractivity contribution in [1.82, 2.24) is 0 Å². The molecule has 0 radical (unpaired) electrons. The molecular weight excluding hydrogens is 383 g/mol. The molecule has 0 saturated carbocycles. The van der Waals surface area contributed by atoms with E-state index in [-0.39, 0.29) is 17.1 Å². The summed E-state index contributed by atoms with van der Waals surface area (Å²) in [6.45, 7) is -0.811. The Morgan fingerprint density at radius 3 is 2.18 bits per heavy atom. The molecule has 0 saturated heterocycles. The summed E-state index contributed by atoms with van der Waals surface area (Å²) in [7, 11) is 4.04. The highest BCUT2D eigenvalue weighted by atomic mass is 19.2. The van der Waals surface area contributed by atoms with E-state index in [4.69, 9.17) is 18.9 Å². The largest absolute Gasteiger partial charge is 0.493 e. The minimum Gasteiger partial charge on any atom is -0.493 e. The van der Waals surface area contributed by atoms with Crippen LogP contribution in [0.1, 0.15) is 10.4 Å². The van der Waals surface area contributed by atoms with Crippen LogP contribution in [-0.2, 0) is 9.53 Å². The smallest absolute Gasteiger partial charge is 0.342 e. The number of methoxy groups -OCH3 is 3. The average molecular weight is 399 g/mol. The second kappa shape index (κ2) is 8.98. The lowest BCUT2D eigenvalue weighted by Gasteiger charge is -2.15. The van der Waals surface area contributed by atoms with E-state index in [9.17, 15) is 22.8 Å². The zero-order valence-electron chi connectivity index (χ0n) is 15.1. The SMILES string of the molecule is COc1ccc(C(=O)OCC(=O)Nc2ccc(F)c(F)c2F)c(OC)c1OC. The maximum atomic E-state index is 13.6. The summed E-state index contributed by atoms with van der Waals surface area (Å²) in [5.74, 6) is -6.11. The standard InChI is InChI=1S/C18H16F3NO6/c1-25-12-7-4-9(16(26-2)17(12)27-3)18(24)28-8-13(23)22-11-6-5-10(19)14(20)15(11)21/h4-7H,8H2,1-3H3,(H,22,23). The lowest BCUT2D eigenvalue weighted by atomic mass is 10.1. The molecule has 2 aromatic rings. The molecule has 0 fully saturated rings. The number of nitrogens with one attached hydrogen (secondary N) is 1. The molecule has 0 heterocycles. The predicted molar refractivity (Wildman–Crippen MR) is 91.3 cm³/mol. The summed E-state index contributed by atoms with van der Waals surface area (Å²) in [5, 5.41) is 1.98. The van der Waals surface area contributed by atoms with Gasteiger partial charge in [-0.15, -0.1) is 0 Å². The number of amides is 1. The van der Waals surface area contributed by atoms with Crippen molar-refractivity contribution in [3.05, 3.63) is 47.3 Å². The van der Waals surface area contributed by atoms with Crippen molar-refractivity contribution in [3.63, 3.8) is 0 Å². The highest BCUT2D eigenvalue weighted by Gasteiger charge is 2.23. The topological polar surface area (TPSA) is 83.1 Å². The third-order valence-electron chi connectivity index (χ3n) is 3.57. The summed E-state index contributed by atoms with van der Waals surface area (Å²) >= 11 is 0. The second-order valence-corrected chi connectivity index (χ2v) is 5.23. The van der Waals surface area contributed by atoms with Gasteiger partial charge in [0.05, 0.1) is 27.0 Å². The number of anilines is 1. The van der Waals surface area contributed by atoms with E-state index in [2.05, 4.69) is 0 Å². The lowest BCUT2D eigenvalue weighted by molar-refractivity contribution is -0.119. The molecule has 0 aliphatic heterocycles. The molecule has 0 unspecified atom stereocenters. The minimum absolute atomic E-state index is 0.0268. The maximum absolute atomic E-state index is 13.6. The van der Waals surface area contributed by atoms with Crippen molar-refractivity contribution in [3.8, 4) is 17.2 Å². The van der Waals surface area contributed by atoms with Crippen LogP contribution in [0.4, 0.5) is 18.9 Å². The molecular formula is C18H16F3NO6. The Balaban J connectivity index is 2.10. The van der Waals surface area contributed by atoms with E-state index >= 15 is 0 Å². The zero-order valence-corrected chi connectivity index (χ0v) is 15.1. The van der Waals surface area contributed by atoms with Crippen LogP contribution in [-0.4, -0.2) is 39.8 Å². The van der Waals surface area contributed by atoms with E-state index in [0.717, 1.165) is 6.07 Å². The van der Waals surface area contributed by atoms with Crippen molar-refractivity contribution >= 4 is 17.6 Å². The fourth-order valence-electron chi connectivity index (χ4n) is 2.28. The number of carbonyl (C=O) groups is 2. The molecule has 0 aromatic heterocycles. The normalized spacial score (nSPS) is 10.2. The maximum Gasteiger partial charge on any atom is 0.342 e.